The molecule has 0 radical (unpaired) electrons. The van der Waals surface area contributed by atoms with Crippen molar-refractivity contribution in [3.63, 3.8) is 0 Å². The third kappa shape index (κ3) is 3.37. The SMILES string of the molecule is Clc1ccc([I-]c2ccc(Cl)cc2)cc1. The van der Waals surface area contributed by atoms with Crippen molar-refractivity contribution in [1.29, 1.82) is 0 Å². The summed E-state index contributed by atoms with van der Waals surface area (Å²) < 4.78 is 2.72. The van der Waals surface area contributed by atoms with E-state index in [2.05, 4.69) is 24.3 Å². The molecule has 2 rings (SSSR count). The molecule has 0 nitrogen and oxygen atoms in total. The number of hydrogen-bond donors (Lipinski definition) is 0. The average Bonchev–Trinajstić information content (AvgIpc) is 2.25. The molecule has 0 amide bonds. The van der Waals surface area contributed by atoms with Crippen LogP contribution in [0.1, 0.15) is 0 Å². The van der Waals surface area contributed by atoms with Crippen LogP contribution in [0.15, 0.2) is 48.5 Å². The predicted octanol–water partition coefficient (Wildman–Crippen LogP) is 1.12. The van der Waals surface area contributed by atoms with Crippen LogP contribution in [-0.4, -0.2) is 0 Å². The minimum absolute atomic E-state index is 0.114. The fraction of sp³-hybridized carbons (Fsp3) is 0. The van der Waals surface area contributed by atoms with Gasteiger partial charge in [-0.1, -0.05) is 0 Å². The summed E-state index contributed by atoms with van der Waals surface area (Å²) in [5, 5.41) is 1.58. The van der Waals surface area contributed by atoms with E-state index in [-0.39, 0.29) is 21.2 Å². The third-order valence-electron chi connectivity index (χ3n) is 1.83. The molecule has 3 heteroatoms. The van der Waals surface area contributed by atoms with Crippen LogP contribution in [0.5, 0.6) is 0 Å². The van der Waals surface area contributed by atoms with Gasteiger partial charge in [0.2, 0.25) is 0 Å². The van der Waals surface area contributed by atoms with Crippen LogP contribution in [0.2, 0.25) is 10.0 Å². The molecule has 0 saturated heterocycles. The molecule has 0 aliphatic rings. The third-order valence-corrected chi connectivity index (χ3v) is 5.01. The van der Waals surface area contributed by atoms with Gasteiger partial charge in [0.15, 0.2) is 0 Å². The van der Waals surface area contributed by atoms with Crippen LogP contribution in [0.25, 0.3) is 0 Å². The summed E-state index contributed by atoms with van der Waals surface area (Å²) in [6.45, 7) is 0. The molecule has 0 bridgehead atoms. The van der Waals surface area contributed by atoms with Crippen LogP contribution >= 0.6 is 23.2 Å². The molecule has 0 saturated carbocycles. The van der Waals surface area contributed by atoms with Gasteiger partial charge in [0.25, 0.3) is 0 Å². The Balaban J connectivity index is 2.15. The van der Waals surface area contributed by atoms with Gasteiger partial charge in [0.05, 0.1) is 0 Å². The first-order valence-corrected chi connectivity index (χ1v) is 7.31. The topological polar surface area (TPSA) is 0 Å². The van der Waals surface area contributed by atoms with E-state index in [4.69, 9.17) is 23.2 Å². The Hall–Kier alpha value is -0.250. The summed E-state index contributed by atoms with van der Waals surface area (Å²) in [6.07, 6.45) is 0. The van der Waals surface area contributed by atoms with Crippen molar-refractivity contribution < 1.29 is 21.2 Å². The molecule has 0 aliphatic heterocycles. The van der Waals surface area contributed by atoms with E-state index < -0.39 is 0 Å². The van der Waals surface area contributed by atoms with Crippen molar-refractivity contribution in [2.24, 2.45) is 0 Å². The normalized spacial score (nSPS) is 10.5. The van der Waals surface area contributed by atoms with E-state index in [0.29, 0.717) is 0 Å². The fourth-order valence-corrected chi connectivity index (χ4v) is 3.52. The average molecular weight is 350 g/mol. The Labute approximate surface area is 109 Å². The molecule has 0 heterocycles. The molecule has 0 atom stereocenters. The fourth-order valence-electron chi connectivity index (χ4n) is 1.11. The first kappa shape index (κ1) is 11.2. The van der Waals surface area contributed by atoms with Crippen molar-refractivity contribution in [2.45, 2.75) is 0 Å². The Morgan fingerprint density at radius 1 is 0.600 bits per heavy atom. The Kier molecular flexibility index (Phi) is 3.89. The van der Waals surface area contributed by atoms with Crippen LogP contribution < -0.4 is 21.2 Å². The van der Waals surface area contributed by atoms with Gasteiger partial charge < -0.3 is 0 Å². The van der Waals surface area contributed by atoms with Gasteiger partial charge in [-0.2, -0.15) is 0 Å². The summed E-state index contributed by atoms with van der Waals surface area (Å²) in [6, 6.07) is 16.1. The zero-order valence-corrected chi connectivity index (χ0v) is 11.4. The van der Waals surface area contributed by atoms with Crippen molar-refractivity contribution in [3.8, 4) is 0 Å². The molecular weight excluding hydrogens is 342 g/mol. The maximum absolute atomic E-state index is 5.83. The second kappa shape index (κ2) is 5.19. The van der Waals surface area contributed by atoms with Gasteiger partial charge in [0, 0.05) is 0 Å². The first-order valence-electron chi connectivity index (χ1n) is 4.40. The van der Waals surface area contributed by atoms with Crippen LogP contribution in [0, 0.1) is 7.14 Å². The standard InChI is InChI=1S/C12H8Cl2I/c13-9-1-5-11(6-2-9)15-12-7-3-10(14)4-8-12/h1-8H/q-1. The van der Waals surface area contributed by atoms with Crippen LogP contribution in [0.3, 0.4) is 0 Å². The van der Waals surface area contributed by atoms with Crippen LogP contribution in [-0.2, 0) is 0 Å². The molecule has 78 valence electrons. The van der Waals surface area contributed by atoms with Crippen molar-refractivity contribution >= 4 is 23.2 Å². The molecule has 0 spiro atoms. The van der Waals surface area contributed by atoms with E-state index in [1.807, 2.05) is 24.3 Å². The zero-order chi connectivity index (χ0) is 10.7. The monoisotopic (exact) mass is 349 g/mol. The first-order chi connectivity index (χ1) is 7.24. The quantitative estimate of drug-likeness (QED) is 0.713. The van der Waals surface area contributed by atoms with Gasteiger partial charge in [-0.25, -0.2) is 0 Å². The second-order valence-electron chi connectivity index (χ2n) is 2.97. The van der Waals surface area contributed by atoms with E-state index >= 15 is 0 Å². The van der Waals surface area contributed by atoms with Crippen molar-refractivity contribution in [1.82, 2.24) is 0 Å². The Bertz CT molecular complexity index is 391. The minimum atomic E-state index is -0.114. The van der Waals surface area contributed by atoms with Gasteiger partial charge in [0.1, 0.15) is 0 Å². The summed E-state index contributed by atoms with van der Waals surface area (Å²) >= 11 is 11.5. The van der Waals surface area contributed by atoms with Crippen LogP contribution in [0.4, 0.5) is 0 Å². The number of rotatable bonds is 2. The summed E-state index contributed by atoms with van der Waals surface area (Å²) in [4.78, 5) is 0. The van der Waals surface area contributed by atoms with Gasteiger partial charge in [-0.15, -0.1) is 0 Å². The second-order valence-corrected chi connectivity index (χ2v) is 6.87. The Morgan fingerprint density at radius 2 is 0.933 bits per heavy atom. The van der Waals surface area contributed by atoms with Gasteiger partial charge in [-0.3, -0.25) is 0 Å². The molecular formula is C12H8Cl2I-. The number of halogens is 3. The molecule has 2 aromatic rings. The van der Waals surface area contributed by atoms with E-state index in [0.717, 1.165) is 10.0 Å². The zero-order valence-electron chi connectivity index (χ0n) is 7.75. The number of hydrogen-bond acceptors (Lipinski definition) is 0. The van der Waals surface area contributed by atoms with Crippen molar-refractivity contribution in [3.05, 3.63) is 65.7 Å². The van der Waals surface area contributed by atoms with Gasteiger partial charge in [-0.05, 0) is 0 Å². The Morgan fingerprint density at radius 3 is 1.27 bits per heavy atom. The van der Waals surface area contributed by atoms with E-state index in [1.54, 1.807) is 0 Å². The number of benzene rings is 2. The molecule has 0 aliphatic carbocycles. The molecule has 0 fully saturated rings. The van der Waals surface area contributed by atoms with Crippen molar-refractivity contribution in [2.75, 3.05) is 0 Å². The van der Waals surface area contributed by atoms with E-state index in [1.165, 1.54) is 7.14 Å². The summed E-state index contributed by atoms with van der Waals surface area (Å²) in [5.74, 6) is 0. The molecule has 0 N–H and O–H groups in total. The molecule has 0 aromatic heterocycles. The molecule has 2 aromatic carbocycles. The van der Waals surface area contributed by atoms with E-state index in [9.17, 15) is 0 Å². The molecule has 0 unspecified atom stereocenters. The predicted molar refractivity (Wildman–Crippen MR) is 60.3 cm³/mol. The maximum atomic E-state index is 5.83. The summed E-state index contributed by atoms with van der Waals surface area (Å²) in [5.41, 5.74) is 0. The molecule has 15 heavy (non-hydrogen) atoms. The summed E-state index contributed by atoms with van der Waals surface area (Å²) in [7, 11) is 0. The van der Waals surface area contributed by atoms with Gasteiger partial charge >= 0.3 is 110 Å².